The number of thioether (sulfide) groups is 1. The summed E-state index contributed by atoms with van der Waals surface area (Å²) in [6.07, 6.45) is 1.93. The lowest BCUT2D eigenvalue weighted by Crippen LogP contribution is -2.34. The molecule has 20 heavy (non-hydrogen) atoms. The fourth-order valence-corrected chi connectivity index (χ4v) is 4.91. The van der Waals surface area contributed by atoms with Gasteiger partial charge in [0.15, 0.2) is 0 Å². The first kappa shape index (κ1) is 15.9. The molecule has 1 aliphatic heterocycles. The Hall–Kier alpha value is -0.500. The maximum absolute atomic E-state index is 12.4. The van der Waals surface area contributed by atoms with Crippen LogP contribution < -0.4 is 10.0 Å². The number of aryl methyl sites for hydroxylation is 1. The molecule has 0 spiro atoms. The number of sulfonamides is 1. The molecular formula is C13H22N2O3S2. The SMILES string of the molecule is CCCNCc1cc(S(=O)(=O)NC2CCSC2)c(C)o1. The summed E-state index contributed by atoms with van der Waals surface area (Å²) < 4.78 is 33.0. The maximum atomic E-state index is 12.4. The lowest BCUT2D eigenvalue weighted by atomic mass is 10.3. The first-order valence-corrected chi connectivity index (χ1v) is 9.57. The van der Waals surface area contributed by atoms with Gasteiger partial charge in [-0.1, -0.05) is 6.92 Å². The fraction of sp³-hybridized carbons (Fsp3) is 0.692. The highest BCUT2D eigenvalue weighted by Gasteiger charge is 2.26. The fourth-order valence-electron chi connectivity index (χ4n) is 2.18. The highest BCUT2D eigenvalue weighted by Crippen LogP contribution is 2.23. The Morgan fingerprint density at radius 3 is 2.95 bits per heavy atom. The average molecular weight is 318 g/mol. The van der Waals surface area contributed by atoms with E-state index in [9.17, 15) is 8.42 Å². The Morgan fingerprint density at radius 1 is 1.50 bits per heavy atom. The van der Waals surface area contributed by atoms with Crippen LogP contribution in [0.4, 0.5) is 0 Å². The molecule has 0 saturated carbocycles. The van der Waals surface area contributed by atoms with Crippen molar-refractivity contribution in [3.05, 3.63) is 17.6 Å². The zero-order valence-electron chi connectivity index (χ0n) is 11.9. The Labute approximate surface area is 124 Å². The Morgan fingerprint density at radius 2 is 2.30 bits per heavy atom. The summed E-state index contributed by atoms with van der Waals surface area (Å²) in [7, 11) is -3.47. The summed E-state index contributed by atoms with van der Waals surface area (Å²) in [6.45, 7) is 5.23. The number of nitrogens with one attached hydrogen (secondary N) is 2. The van der Waals surface area contributed by atoms with Crippen LogP contribution in [0.15, 0.2) is 15.4 Å². The van der Waals surface area contributed by atoms with E-state index in [1.165, 1.54) is 0 Å². The molecule has 2 rings (SSSR count). The highest BCUT2D eigenvalue weighted by molar-refractivity contribution is 7.99. The second kappa shape index (κ2) is 6.98. The van der Waals surface area contributed by atoms with Gasteiger partial charge in [-0.2, -0.15) is 11.8 Å². The highest BCUT2D eigenvalue weighted by atomic mass is 32.2. The molecule has 0 radical (unpaired) electrons. The van der Waals surface area contributed by atoms with Crippen LogP contribution in [0.2, 0.25) is 0 Å². The lowest BCUT2D eigenvalue weighted by Gasteiger charge is -2.10. The van der Waals surface area contributed by atoms with E-state index in [-0.39, 0.29) is 10.9 Å². The second-order valence-corrected chi connectivity index (χ2v) is 7.82. The Balaban J connectivity index is 2.06. The third-order valence-corrected chi connectivity index (χ3v) is 5.98. The molecule has 2 N–H and O–H groups in total. The molecule has 0 aliphatic carbocycles. The summed E-state index contributed by atoms with van der Waals surface area (Å²) in [4.78, 5) is 0.266. The quantitative estimate of drug-likeness (QED) is 0.751. The van der Waals surface area contributed by atoms with Crippen LogP contribution in [0.1, 0.15) is 31.3 Å². The van der Waals surface area contributed by atoms with E-state index in [0.717, 1.165) is 30.9 Å². The number of hydrogen-bond acceptors (Lipinski definition) is 5. The molecule has 7 heteroatoms. The first-order chi connectivity index (χ1) is 9.53. The van der Waals surface area contributed by atoms with Gasteiger partial charge in [0.25, 0.3) is 0 Å². The molecule has 1 aromatic heterocycles. The minimum absolute atomic E-state index is 0.0426. The first-order valence-electron chi connectivity index (χ1n) is 6.93. The van der Waals surface area contributed by atoms with Crippen molar-refractivity contribution in [3.8, 4) is 0 Å². The molecule has 0 amide bonds. The van der Waals surface area contributed by atoms with Gasteiger partial charge in [0, 0.05) is 17.9 Å². The lowest BCUT2D eigenvalue weighted by molar-refractivity contribution is 0.457. The monoisotopic (exact) mass is 318 g/mol. The molecular weight excluding hydrogens is 296 g/mol. The van der Waals surface area contributed by atoms with Gasteiger partial charge in [-0.25, -0.2) is 13.1 Å². The van der Waals surface area contributed by atoms with Gasteiger partial charge in [0.1, 0.15) is 16.4 Å². The summed E-state index contributed by atoms with van der Waals surface area (Å²) in [5.41, 5.74) is 0. The van der Waals surface area contributed by atoms with E-state index in [2.05, 4.69) is 17.0 Å². The molecule has 1 saturated heterocycles. The molecule has 1 aromatic rings. The molecule has 1 fully saturated rings. The topological polar surface area (TPSA) is 71.3 Å². The number of furan rings is 1. The zero-order valence-corrected chi connectivity index (χ0v) is 13.6. The largest absolute Gasteiger partial charge is 0.464 e. The molecule has 5 nitrogen and oxygen atoms in total. The van der Waals surface area contributed by atoms with E-state index in [1.807, 2.05) is 0 Å². The summed E-state index contributed by atoms with van der Waals surface area (Å²) in [5.74, 6) is 2.98. The molecule has 0 aromatic carbocycles. The smallest absolute Gasteiger partial charge is 0.244 e. The van der Waals surface area contributed by atoms with Crippen LogP contribution >= 0.6 is 11.8 Å². The van der Waals surface area contributed by atoms with Crippen molar-refractivity contribution in [1.82, 2.24) is 10.0 Å². The van der Waals surface area contributed by atoms with Gasteiger partial charge in [0.2, 0.25) is 10.0 Å². The van der Waals surface area contributed by atoms with Crippen molar-refractivity contribution < 1.29 is 12.8 Å². The number of rotatable bonds is 7. The molecule has 2 heterocycles. The van der Waals surface area contributed by atoms with Gasteiger partial charge in [-0.05, 0) is 32.1 Å². The predicted octanol–water partition coefficient (Wildman–Crippen LogP) is 1.87. The Bertz CT molecular complexity index is 534. The second-order valence-electron chi connectivity index (χ2n) is 4.99. The normalized spacial score (nSPS) is 19.6. The van der Waals surface area contributed by atoms with Gasteiger partial charge >= 0.3 is 0 Å². The maximum Gasteiger partial charge on any atom is 0.244 e. The van der Waals surface area contributed by atoms with Crippen LogP contribution in [-0.4, -0.2) is 32.5 Å². The summed E-state index contributed by atoms with van der Waals surface area (Å²) >= 11 is 1.78. The third-order valence-electron chi connectivity index (χ3n) is 3.19. The van der Waals surface area contributed by atoms with E-state index < -0.39 is 10.0 Å². The van der Waals surface area contributed by atoms with Crippen molar-refractivity contribution in [3.63, 3.8) is 0 Å². The molecule has 1 atom stereocenters. The van der Waals surface area contributed by atoms with Crippen LogP contribution in [0.25, 0.3) is 0 Å². The minimum atomic E-state index is -3.47. The number of hydrogen-bond donors (Lipinski definition) is 2. The predicted molar refractivity (Wildman–Crippen MR) is 81.5 cm³/mol. The van der Waals surface area contributed by atoms with E-state index in [0.29, 0.717) is 18.1 Å². The molecule has 114 valence electrons. The van der Waals surface area contributed by atoms with Crippen LogP contribution in [0.5, 0.6) is 0 Å². The molecule has 0 bridgehead atoms. The van der Waals surface area contributed by atoms with Crippen molar-refractivity contribution in [2.75, 3.05) is 18.1 Å². The van der Waals surface area contributed by atoms with Crippen molar-refractivity contribution in [1.29, 1.82) is 0 Å². The van der Waals surface area contributed by atoms with E-state index >= 15 is 0 Å². The van der Waals surface area contributed by atoms with Gasteiger partial charge < -0.3 is 9.73 Å². The van der Waals surface area contributed by atoms with Gasteiger partial charge in [-0.15, -0.1) is 0 Å². The van der Waals surface area contributed by atoms with Crippen molar-refractivity contribution in [2.45, 2.75) is 44.2 Å². The van der Waals surface area contributed by atoms with E-state index in [4.69, 9.17) is 4.42 Å². The van der Waals surface area contributed by atoms with Crippen LogP contribution in [0, 0.1) is 6.92 Å². The van der Waals surface area contributed by atoms with Crippen LogP contribution in [-0.2, 0) is 16.6 Å². The van der Waals surface area contributed by atoms with Crippen molar-refractivity contribution in [2.24, 2.45) is 0 Å². The zero-order chi connectivity index (χ0) is 14.6. The van der Waals surface area contributed by atoms with E-state index in [1.54, 1.807) is 24.8 Å². The summed E-state index contributed by atoms with van der Waals surface area (Å²) in [6, 6.07) is 1.67. The minimum Gasteiger partial charge on any atom is -0.464 e. The van der Waals surface area contributed by atoms with Crippen LogP contribution in [0.3, 0.4) is 0 Å². The van der Waals surface area contributed by atoms with Gasteiger partial charge in [0.05, 0.1) is 6.54 Å². The summed E-state index contributed by atoms with van der Waals surface area (Å²) in [5, 5.41) is 3.20. The van der Waals surface area contributed by atoms with Gasteiger partial charge in [-0.3, -0.25) is 0 Å². The Kier molecular flexibility index (Phi) is 5.54. The molecule has 1 aliphatic rings. The van der Waals surface area contributed by atoms with Crippen molar-refractivity contribution >= 4 is 21.8 Å². The third kappa shape index (κ3) is 4.00. The average Bonchev–Trinajstić information content (AvgIpc) is 2.99. The standard InChI is InChI=1S/C13H22N2O3S2/c1-3-5-14-8-12-7-13(10(2)18-12)20(16,17)15-11-4-6-19-9-11/h7,11,14-15H,3-6,8-9H2,1-2H3. The molecule has 1 unspecified atom stereocenters.